The number of esters is 1. The number of hydrogen-bond donors (Lipinski definition) is 0. The molecule has 0 bridgehead atoms. The van der Waals surface area contributed by atoms with Crippen LogP contribution in [0.3, 0.4) is 0 Å². The highest BCUT2D eigenvalue weighted by Gasteiger charge is 2.34. The predicted octanol–water partition coefficient (Wildman–Crippen LogP) is 4.47. The van der Waals surface area contributed by atoms with Crippen molar-refractivity contribution in [2.24, 2.45) is 7.05 Å². The van der Waals surface area contributed by atoms with Crippen LogP contribution in [0.25, 0.3) is 10.1 Å². The number of aryl methyl sites for hydroxylation is 2. The van der Waals surface area contributed by atoms with E-state index in [4.69, 9.17) is 9.47 Å². The molecule has 0 spiro atoms. The van der Waals surface area contributed by atoms with Crippen molar-refractivity contribution in [1.29, 1.82) is 0 Å². The number of ether oxygens (including phenoxy) is 2. The van der Waals surface area contributed by atoms with E-state index >= 15 is 0 Å². The molecule has 0 fully saturated rings. The summed E-state index contributed by atoms with van der Waals surface area (Å²) >= 11 is 1.39. The maximum atomic E-state index is 12.7. The molecule has 9 heteroatoms. The highest BCUT2D eigenvalue weighted by atomic mass is 32.1. The number of fused-ring (bicyclic) bond motifs is 1. The van der Waals surface area contributed by atoms with Crippen LogP contribution in [0.2, 0.25) is 0 Å². The summed E-state index contributed by atoms with van der Waals surface area (Å²) in [6.45, 7) is 3.13. The van der Waals surface area contributed by atoms with E-state index in [0.717, 1.165) is 26.4 Å². The number of benzene rings is 1. The maximum absolute atomic E-state index is 12.7. The van der Waals surface area contributed by atoms with Gasteiger partial charge in [-0.05, 0) is 30.7 Å². The standard InChI is InChI=1S/C17H15F3N2O3S/c1-9-4-12(6-14-16(9)13(8-26-14)25-10(2)23)24-7-11-5-15(17(18,19)20)21-22(11)3/h4-6,8H,7H2,1-3H3. The van der Waals surface area contributed by atoms with Gasteiger partial charge in [0.25, 0.3) is 0 Å². The van der Waals surface area contributed by atoms with Gasteiger partial charge in [0.1, 0.15) is 18.1 Å². The second kappa shape index (κ2) is 6.64. The molecule has 0 amide bonds. The number of halogens is 3. The van der Waals surface area contributed by atoms with Crippen molar-refractivity contribution in [2.45, 2.75) is 26.6 Å². The van der Waals surface area contributed by atoms with Gasteiger partial charge in [-0.1, -0.05) is 0 Å². The second-order valence-corrected chi connectivity index (χ2v) is 6.65. The van der Waals surface area contributed by atoms with Gasteiger partial charge < -0.3 is 9.47 Å². The Hall–Kier alpha value is -2.55. The van der Waals surface area contributed by atoms with Crippen molar-refractivity contribution in [3.05, 3.63) is 40.5 Å². The Bertz CT molecular complexity index is 976. The maximum Gasteiger partial charge on any atom is 0.435 e. The van der Waals surface area contributed by atoms with Crippen molar-refractivity contribution in [2.75, 3.05) is 0 Å². The Labute approximate surface area is 150 Å². The lowest BCUT2D eigenvalue weighted by Gasteiger charge is -2.09. The van der Waals surface area contributed by atoms with Gasteiger partial charge >= 0.3 is 12.1 Å². The largest absolute Gasteiger partial charge is 0.487 e. The summed E-state index contributed by atoms with van der Waals surface area (Å²) in [6.07, 6.45) is -4.49. The fraction of sp³-hybridized carbons (Fsp3) is 0.294. The van der Waals surface area contributed by atoms with Crippen LogP contribution >= 0.6 is 11.3 Å². The lowest BCUT2D eigenvalue weighted by molar-refractivity contribution is -0.141. The van der Waals surface area contributed by atoms with Gasteiger partial charge in [-0.25, -0.2) is 0 Å². The molecule has 0 aliphatic heterocycles. The molecule has 2 aromatic heterocycles. The quantitative estimate of drug-likeness (QED) is 0.623. The monoisotopic (exact) mass is 384 g/mol. The second-order valence-electron chi connectivity index (χ2n) is 5.74. The third kappa shape index (κ3) is 3.67. The van der Waals surface area contributed by atoms with Gasteiger partial charge in [0.05, 0.1) is 5.69 Å². The van der Waals surface area contributed by atoms with E-state index in [1.807, 2.05) is 6.92 Å². The third-order valence-electron chi connectivity index (χ3n) is 3.72. The summed E-state index contributed by atoms with van der Waals surface area (Å²) in [6, 6.07) is 4.49. The van der Waals surface area contributed by atoms with Crippen molar-refractivity contribution >= 4 is 27.4 Å². The van der Waals surface area contributed by atoms with Crippen LogP contribution in [0, 0.1) is 6.92 Å². The molecule has 0 unspecified atom stereocenters. The van der Waals surface area contributed by atoms with Crippen molar-refractivity contribution < 1.29 is 27.4 Å². The molecule has 138 valence electrons. The molecule has 3 aromatic rings. The third-order valence-corrected chi connectivity index (χ3v) is 4.63. The summed E-state index contributed by atoms with van der Waals surface area (Å²) in [7, 11) is 1.44. The number of nitrogens with zero attached hydrogens (tertiary/aromatic N) is 2. The highest BCUT2D eigenvalue weighted by Crippen LogP contribution is 2.38. The lowest BCUT2D eigenvalue weighted by Crippen LogP contribution is -2.06. The fourth-order valence-electron chi connectivity index (χ4n) is 2.56. The van der Waals surface area contributed by atoms with E-state index in [0.29, 0.717) is 17.2 Å². The molecular weight excluding hydrogens is 369 g/mol. The zero-order valence-electron chi connectivity index (χ0n) is 14.2. The number of thiophene rings is 1. The van der Waals surface area contributed by atoms with Crippen LogP contribution < -0.4 is 9.47 Å². The molecule has 1 aromatic carbocycles. The number of hydrogen-bond acceptors (Lipinski definition) is 5. The topological polar surface area (TPSA) is 53.4 Å². The van der Waals surface area contributed by atoms with Crippen molar-refractivity contribution in [3.8, 4) is 11.5 Å². The number of rotatable bonds is 4. The van der Waals surface area contributed by atoms with Crippen molar-refractivity contribution in [1.82, 2.24) is 9.78 Å². The Morgan fingerprint density at radius 1 is 1.31 bits per heavy atom. The summed E-state index contributed by atoms with van der Waals surface area (Å²) < 4.78 is 51.0. The van der Waals surface area contributed by atoms with Crippen LogP contribution in [0.5, 0.6) is 11.5 Å². The van der Waals surface area contributed by atoms with Gasteiger partial charge in [0.2, 0.25) is 0 Å². The van der Waals surface area contributed by atoms with Crippen LogP contribution in [-0.4, -0.2) is 15.7 Å². The number of carbonyl (C=O) groups excluding carboxylic acids is 1. The molecule has 0 atom stereocenters. The molecule has 0 aliphatic rings. The molecule has 3 rings (SSSR count). The van der Waals surface area contributed by atoms with E-state index in [-0.39, 0.29) is 6.61 Å². The highest BCUT2D eigenvalue weighted by molar-refractivity contribution is 7.17. The molecular formula is C17H15F3N2O3S. The first-order valence-electron chi connectivity index (χ1n) is 7.58. The minimum Gasteiger partial charge on any atom is -0.487 e. The van der Waals surface area contributed by atoms with Gasteiger partial charge in [-0.2, -0.15) is 18.3 Å². The predicted molar refractivity (Wildman–Crippen MR) is 90.4 cm³/mol. The average Bonchev–Trinajstić information content (AvgIpc) is 3.08. The van der Waals surface area contributed by atoms with E-state index < -0.39 is 17.8 Å². The molecule has 0 aliphatic carbocycles. The minimum atomic E-state index is -4.49. The lowest BCUT2D eigenvalue weighted by atomic mass is 10.1. The zero-order chi connectivity index (χ0) is 19.1. The smallest absolute Gasteiger partial charge is 0.435 e. The van der Waals surface area contributed by atoms with Crippen LogP contribution in [-0.2, 0) is 24.6 Å². The average molecular weight is 384 g/mol. The van der Waals surface area contributed by atoms with Crippen LogP contribution in [0.15, 0.2) is 23.6 Å². The molecule has 0 radical (unpaired) electrons. The zero-order valence-corrected chi connectivity index (χ0v) is 15.0. The first kappa shape index (κ1) is 18.2. The normalized spacial score (nSPS) is 11.8. The van der Waals surface area contributed by atoms with Gasteiger partial charge in [-0.15, -0.1) is 11.3 Å². The Balaban J connectivity index is 1.82. The number of carbonyl (C=O) groups is 1. The molecule has 5 nitrogen and oxygen atoms in total. The summed E-state index contributed by atoms with van der Waals surface area (Å²) in [5, 5.41) is 6.01. The fourth-order valence-corrected chi connectivity index (χ4v) is 3.52. The summed E-state index contributed by atoms with van der Waals surface area (Å²) in [5.41, 5.74) is 0.201. The molecule has 26 heavy (non-hydrogen) atoms. The van der Waals surface area contributed by atoms with Crippen molar-refractivity contribution in [3.63, 3.8) is 0 Å². The van der Waals surface area contributed by atoms with E-state index in [9.17, 15) is 18.0 Å². The first-order chi connectivity index (χ1) is 12.1. The van der Waals surface area contributed by atoms with Crippen LogP contribution in [0.4, 0.5) is 13.2 Å². The Morgan fingerprint density at radius 3 is 2.65 bits per heavy atom. The number of alkyl halides is 3. The molecule has 0 N–H and O–H groups in total. The number of aromatic nitrogens is 2. The molecule has 0 saturated heterocycles. The summed E-state index contributed by atoms with van der Waals surface area (Å²) in [5.74, 6) is 0.602. The summed E-state index contributed by atoms with van der Waals surface area (Å²) in [4.78, 5) is 11.2. The molecule has 0 saturated carbocycles. The molecule has 2 heterocycles. The van der Waals surface area contributed by atoms with E-state index in [2.05, 4.69) is 5.10 Å². The van der Waals surface area contributed by atoms with Gasteiger partial charge in [0, 0.05) is 29.4 Å². The SMILES string of the molecule is CC(=O)Oc1csc2cc(OCc3cc(C(F)(F)F)nn3C)cc(C)c12. The van der Waals surface area contributed by atoms with E-state index in [1.165, 1.54) is 25.3 Å². The van der Waals surface area contributed by atoms with Crippen LogP contribution in [0.1, 0.15) is 23.9 Å². The van der Waals surface area contributed by atoms with E-state index in [1.54, 1.807) is 17.5 Å². The van der Waals surface area contributed by atoms with Gasteiger partial charge in [-0.3, -0.25) is 9.48 Å². The Kier molecular flexibility index (Phi) is 4.66. The van der Waals surface area contributed by atoms with Gasteiger partial charge in [0.15, 0.2) is 5.69 Å². The first-order valence-corrected chi connectivity index (χ1v) is 8.46. The Morgan fingerprint density at radius 2 is 2.04 bits per heavy atom. The minimum absolute atomic E-state index is 0.0489.